The normalized spacial score (nSPS) is 15.6. The van der Waals surface area contributed by atoms with E-state index < -0.39 is 26.3 Å². The average Bonchev–Trinajstić information content (AvgIpc) is 2.50. The Morgan fingerprint density at radius 2 is 2.17 bits per heavy atom. The van der Waals surface area contributed by atoms with Crippen molar-refractivity contribution >= 4 is 30.6 Å². The van der Waals surface area contributed by atoms with Gasteiger partial charge in [0, 0.05) is 5.02 Å². The van der Waals surface area contributed by atoms with Crippen LogP contribution in [0.5, 0.6) is 5.75 Å². The summed E-state index contributed by atoms with van der Waals surface area (Å²) in [5.41, 5.74) is -0.311. The Balaban J connectivity index is 2.52. The molecule has 1 aromatic rings. The summed E-state index contributed by atoms with van der Waals surface area (Å²) in [6, 6.07) is 6.48. The molecule has 0 radical (unpaired) electrons. The molecule has 1 N–H and O–H groups in total. The fourth-order valence-electron chi connectivity index (χ4n) is 1.29. The maximum absolute atomic E-state index is 11.9. The first-order chi connectivity index (χ1) is 10.7. The van der Waals surface area contributed by atoms with Gasteiger partial charge in [-0.25, -0.2) is 4.79 Å². The molecule has 0 saturated carbocycles. The van der Waals surface area contributed by atoms with Gasteiger partial charge in [-0.05, 0) is 38.5 Å². The van der Waals surface area contributed by atoms with Crippen LogP contribution in [0.3, 0.4) is 0 Å². The van der Waals surface area contributed by atoms with Crippen molar-refractivity contribution in [3.63, 3.8) is 0 Å². The third-order valence-corrected chi connectivity index (χ3v) is 4.52. The van der Waals surface area contributed by atoms with Gasteiger partial charge in [-0.15, -0.1) is 0 Å². The molecule has 0 aliphatic heterocycles. The lowest BCUT2D eigenvalue weighted by atomic mass is 10.3. The number of halogens is 1. The molecule has 0 spiro atoms. The van der Waals surface area contributed by atoms with Gasteiger partial charge in [-0.3, -0.25) is 4.57 Å². The van der Waals surface area contributed by atoms with Gasteiger partial charge >= 0.3 is 13.6 Å². The number of oxime groups is 1. The van der Waals surface area contributed by atoms with E-state index in [1.165, 1.54) is 13.0 Å². The second-order valence-electron chi connectivity index (χ2n) is 4.69. The topological polar surface area (TPSA) is 94.4 Å². The molecule has 0 heterocycles. The van der Waals surface area contributed by atoms with E-state index in [0.717, 1.165) is 0 Å². The van der Waals surface area contributed by atoms with Crippen LogP contribution in [0.1, 0.15) is 27.2 Å². The number of hydrogen-bond acceptors (Lipinski definition) is 6. The molecule has 0 aliphatic carbocycles. The van der Waals surface area contributed by atoms with Crippen molar-refractivity contribution in [1.29, 1.82) is 0 Å². The van der Waals surface area contributed by atoms with Gasteiger partial charge in [0.1, 0.15) is 5.75 Å². The molecule has 0 amide bonds. The summed E-state index contributed by atoms with van der Waals surface area (Å²) in [6.07, 6.45) is 0.142. The van der Waals surface area contributed by atoms with Crippen LogP contribution >= 0.6 is 19.2 Å². The summed E-state index contributed by atoms with van der Waals surface area (Å²) in [5, 5.41) is 3.80. The van der Waals surface area contributed by atoms with Gasteiger partial charge in [-0.1, -0.05) is 29.7 Å². The van der Waals surface area contributed by atoms with Gasteiger partial charge in [0.05, 0.1) is 6.10 Å². The maximum Gasteiger partial charge on any atom is 0.376 e. The molecule has 2 unspecified atom stereocenters. The first-order valence-corrected chi connectivity index (χ1v) is 8.84. The summed E-state index contributed by atoms with van der Waals surface area (Å²) < 4.78 is 22.0. The van der Waals surface area contributed by atoms with Crippen molar-refractivity contribution in [3.05, 3.63) is 29.3 Å². The molecule has 23 heavy (non-hydrogen) atoms. The van der Waals surface area contributed by atoms with Crippen LogP contribution in [0.4, 0.5) is 0 Å². The van der Waals surface area contributed by atoms with Crippen LogP contribution in [0.15, 0.2) is 29.4 Å². The molecule has 0 bridgehead atoms. The number of ether oxygens (including phenoxy) is 1. The number of rotatable bonds is 8. The molecular formula is C14H19ClNO6P. The smallest absolute Gasteiger partial charge is 0.376 e. The Morgan fingerprint density at radius 3 is 2.78 bits per heavy atom. The average molecular weight is 364 g/mol. The van der Waals surface area contributed by atoms with Crippen LogP contribution in [-0.4, -0.2) is 29.0 Å². The zero-order chi connectivity index (χ0) is 17.5. The molecule has 0 saturated heterocycles. The minimum Gasteiger partial charge on any atom is -0.482 e. The second kappa shape index (κ2) is 9.03. The highest BCUT2D eigenvalue weighted by Gasteiger charge is 2.27. The second-order valence-corrected chi connectivity index (χ2v) is 7.03. The third kappa shape index (κ3) is 7.14. The lowest BCUT2D eigenvalue weighted by Crippen LogP contribution is -2.14. The number of benzene rings is 1. The molecule has 7 nitrogen and oxygen atoms in total. The quantitative estimate of drug-likeness (QED) is 0.328. The minimum atomic E-state index is -4.08. The van der Waals surface area contributed by atoms with E-state index in [4.69, 9.17) is 20.9 Å². The summed E-state index contributed by atoms with van der Waals surface area (Å²) in [6.45, 7) is 4.29. The van der Waals surface area contributed by atoms with E-state index in [9.17, 15) is 14.3 Å². The highest BCUT2D eigenvalue weighted by molar-refractivity contribution is 7.71. The number of nitrogens with zero attached hydrogens (tertiary/aromatic N) is 1. The predicted octanol–water partition coefficient (Wildman–Crippen LogP) is 3.60. The van der Waals surface area contributed by atoms with Crippen molar-refractivity contribution in [3.8, 4) is 5.75 Å². The third-order valence-electron chi connectivity index (χ3n) is 2.74. The van der Waals surface area contributed by atoms with Crippen molar-refractivity contribution < 1.29 is 28.4 Å². The highest BCUT2D eigenvalue weighted by atomic mass is 35.5. The SMILES string of the molecule is CCC(C)OP(=O)(O)C(C)=NOC(=O)COc1cccc(Cl)c1. The zero-order valence-electron chi connectivity index (χ0n) is 13.1. The predicted molar refractivity (Wildman–Crippen MR) is 86.8 cm³/mol. The van der Waals surface area contributed by atoms with E-state index in [1.807, 2.05) is 6.92 Å². The summed E-state index contributed by atoms with van der Waals surface area (Å²) in [7, 11) is -4.08. The van der Waals surface area contributed by atoms with Gasteiger partial charge in [0.2, 0.25) is 0 Å². The first-order valence-electron chi connectivity index (χ1n) is 6.89. The van der Waals surface area contributed by atoms with Crippen LogP contribution in [0.25, 0.3) is 0 Å². The van der Waals surface area contributed by atoms with Gasteiger partial charge < -0.3 is 19.0 Å². The Labute approximate surface area is 139 Å². The van der Waals surface area contributed by atoms with E-state index in [-0.39, 0.29) is 5.45 Å². The largest absolute Gasteiger partial charge is 0.482 e. The van der Waals surface area contributed by atoms with Crippen LogP contribution < -0.4 is 4.74 Å². The van der Waals surface area contributed by atoms with Crippen molar-refractivity contribution in [2.45, 2.75) is 33.3 Å². The Morgan fingerprint density at radius 1 is 1.48 bits per heavy atom. The number of hydrogen-bond donors (Lipinski definition) is 1. The monoisotopic (exact) mass is 363 g/mol. The van der Waals surface area contributed by atoms with Crippen molar-refractivity contribution in [1.82, 2.24) is 0 Å². The summed E-state index contributed by atoms with van der Waals surface area (Å²) in [4.78, 5) is 25.7. The molecule has 0 aliphatic rings. The number of carbonyl (C=O) groups is 1. The standard InChI is InChI=1S/C14H19ClNO6P/c1-4-10(2)22-23(18,19)11(3)16-21-14(17)9-20-13-7-5-6-12(15)8-13/h5-8,10H,4,9H2,1-3H3,(H,18,19). The fraction of sp³-hybridized carbons (Fsp3) is 0.429. The Bertz CT molecular complexity index is 621. The van der Waals surface area contributed by atoms with Gasteiger partial charge in [-0.2, -0.15) is 0 Å². The van der Waals surface area contributed by atoms with E-state index in [1.54, 1.807) is 25.1 Å². The summed E-state index contributed by atoms with van der Waals surface area (Å²) in [5.74, 6) is -0.434. The molecule has 2 atom stereocenters. The van der Waals surface area contributed by atoms with Crippen molar-refractivity contribution in [2.24, 2.45) is 5.16 Å². The lowest BCUT2D eigenvalue weighted by Gasteiger charge is -2.15. The minimum absolute atomic E-state index is 0.311. The molecule has 1 rings (SSSR count). The molecule has 9 heteroatoms. The summed E-state index contributed by atoms with van der Waals surface area (Å²) >= 11 is 5.78. The van der Waals surface area contributed by atoms with E-state index in [2.05, 4.69) is 9.99 Å². The van der Waals surface area contributed by atoms with Crippen LogP contribution in [-0.2, 0) is 18.7 Å². The van der Waals surface area contributed by atoms with E-state index in [0.29, 0.717) is 17.2 Å². The highest BCUT2D eigenvalue weighted by Crippen LogP contribution is 2.45. The number of carbonyl (C=O) groups excluding carboxylic acids is 1. The molecule has 1 aromatic carbocycles. The van der Waals surface area contributed by atoms with Crippen LogP contribution in [0.2, 0.25) is 5.02 Å². The molecule has 0 aromatic heterocycles. The molecule has 0 fully saturated rings. The molecule has 128 valence electrons. The lowest BCUT2D eigenvalue weighted by molar-refractivity contribution is -0.146. The maximum atomic E-state index is 11.9. The van der Waals surface area contributed by atoms with Crippen molar-refractivity contribution in [2.75, 3.05) is 6.61 Å². The van der Waals surface area contributed by atoms with Gasteiger partial charge in [0.25, 0.3) is 0 Å². The zero-order valence-corrected chi connectivity index (χ0v) is 14.7. The van der Waals surface area contributed by atoms with E-state index >= 15 is 0 Å². The van der Waals surface area contributed by atoms with Crippen LogP contribution in [0, 0.1) is 0 Å². The first kappa shape index (κ1) is 19.6. The van der Waals surface area contributed by atoms with Gasteiger partial charge in [0.15, 0.2) is 12.1 Å². The molecular weight excluding hydrogens is 345 g/mol. The Kier molecular flexibility index (Phi) is 7.72. The Hall–Kier alpha value is -1.40. The fourth-order valence-corrected chi connectivity index (χ4v) is 2.40.